The third-order valence-corrected chi connectivity index (χ3v) is 5.12. The van der Waals surface area contributed by atoms with Crippen LogP contribution < -0.4 is 10.6 Å². The molecule has 0 fully saturated rings. The number of allylic oxidation sites excluding steroid dienone is 2. The lowest BCUT2D eigenvalue weighted by Crippen LogP contribution is -2.29. The van der Waals surface area contributed by atoms with Crippen LogP contribution in [0.15, 0.2) is 54.6 Å². The van der Waals surface area contributed by atoms with Crippen LogP contribution in [-0.4, -0.2) is 43.5 Å². The van der Waals surface area contributed by atoms with E-state index in [9.17, 15) is 35.1 Å². The van der Waals surface area contributed by atoms with Crippen molar-refractivity contribution in [2.45, 2.75) is 25.5 Å². The SMILES string of the molecule is CC1C(=O)Nc2cc(O)cc(c2O)C(Nc2cc(O)cc(C(=O)O)c2)CC=CC=CC1O. The zero-order valence-corrected chi connectivity index (χ0v) is 17.2. The molecular weight excluding hydrogens is 416 g/mol. The minimum Gasteiger partial charge on any atom is -0.508 e. The normalized spacial score (nSPS) is 21.1. The number of phenols is 3. The number of rotatable bonds is 3. The number of nitrogens with one attached hydrogen (secondary N) is 2. The topological polar surface area (TPSA) is 159 Å². The summed E-state index contributed by atoms with van der Waals surface area (Å²) in [5, 5.41) is 55.9. The van der Waals surface area contributed by atoms with Gasteiger partial charge < -0.3 is 36.2 Å². The quantitative estimate of drug-likeness (QED) is 0.283. The molecule has 32 heavy (non-hydrogen) atoms. The van der Waals surface area contributed by atoms with Crippen molar-refractivity contribution in [1.29, 1.82) is 0 Å². The molecule has 2 aromatic carbocycles. The fourth-order valence-corrected chi connectivity index (χ4v) is 3.32. The summed E-state index contributed by atoms with van der Waals surface area (Å²) in [5.41, 5.74) is 0.344. The Kier molecular flexibility index (Phi) is 6.70. The third-order valence-electron chi connectivity index (χ3n) is 5.12. The number of fused-ring (bicyclic) bond motifs is 2. The molecule has 168 valence electrons. The van der Waals surface area contributed by atoms with Crippen LogP contribution >= 0.6 is 0 Å². The molecule has 0 spiro atoms. The number of anilines is 2. The highest BCUT2D eigenvalue weighted by Gasteiger charge is 2.24. The van der Waals surface area contributed by atoms with Crippen LogP contribution in [0.1, 0.15) is 35.3 Å². The Labute approximate surface area is 184 Å². The molecule has 1 amide bonds. The van der Waals surface area contributed by atoms with Crippen LogP contribution in [0.25, 0.3) is 0 Å². The van der Waals surface area contributed by atoms with Crippen molar-refractivity contribution >= 4 is 23.3 Å². The maximum atomic E-state index is 12.5. The van der Waals surface area contributed by atoms with Crippen LogP contribution in [-0.2, 0) is 4.79 Å². The van der Waals surface area contributed by atoms with Crippen molar-refractivity contribution in [3.8, 4) is 17.2 Å². The van der Waals surface area contributed by atoms with Gasteiger partial charge in [-0.25, -0.2) is 4.79 Å². The Morgan fingerprint density at radius 1 is 1.06 bits per heavy atom. The number of benzene rings is 2. The van der Waals surface area contributed by atoms with Gasteiger partial charge in [-0.3, -0.25) is 4.79 Å². The summed E-state index contributed by atoms with van der Waals surface area (Å²) >= 11 is 0. The number of carbonyl (C=O) groups is 2. The number of hydrogen-bond acceptors (Lipinski definition) is 7. The number of carboxylic acid groups (broad SMARTS) is 1. The first-order chi connectivity index (χ1) is 15.2. The highest BCUT2D eigenvalue weighted by Crippen LogP contribution is 2.39. The van der Waals surface area contributed by atoms with E-state index in [1.54, 1.807) is 18.2 Å². The van der Waals surface area contributed by atoms with Gasteiger partial charge in [0.05, 0.1) is 29.3 Å². The minimum absolute atomic E-state index is 0.0369. The summed E-state index contributed by atoms with van der Waals surface area (Å²) in [4.78, 5) is 23.8. The van der Waals surface area contributed by atoms with Crippen molar-refractivity contribution in [1.82, 2.24) is 0 Å². The maximum absolute atomic E-state index is 12.5. The van der Waals surface area contributed by atoms with Crippen LogP contribution in [0, 0.1) is 5.92 Å². The first-order valence-electron chi connectivity index (χ1n) is 9.87. The summed E-state index contributed by atoms with van der Waals surface area (Å²) in [5.74, 6) is -3.36. The van der Waals surface area contributed by atoms with E-state index in [0.29, 0.717) is 0 Å². The Bertz CT molecular complexity index is 1090. The van der Waals surface area contributed by atoms with E-state index in [4.69, 9.17) is 0 Å². The van der Waals surface area contributed by atoms with E-state index >= 15 is 0 Å². The van der Waals surface area contributed by atoms with Gasteiger partial charge in [-0.2, -0.15) is 0 Å². The molecule has 0 aromatic heterocycles. The van der Waals surface area contributed by atoms with Gasteiger partial charge in [0.1, 0.15) is 17.2 Å². The van der Waals surface area contributed by atoms with E-state index in [2.05, 4.69) is 10.6 Å². The van der Waals surface area contributed by atoms with Gasteiger partial charge in [-0.05, 0) is 24.6 Å². The first-order valence-corrected chi connectivity index (χ1v) is 9.87. The molecular formula is C23H24N2O7. The molecule has 0 aliphatic carbocycles. The molecule has 3 atom stereocenters. The molecule has 0 saturated carbocycles. The molecule has 3 rings (SSSR count). The molecule has 0 radical (unpaired) electrons. The molecule has 9 nitrogen and oxygen atoms in total. The van der Waals surface area contributed by atoms with Gasteiger partial charge in [-0.1, -0.05) is 31.2 Å². The van der Waals surface area contributed by atoms with Crippen molar-refractivity contribution < 1.29 is 35.1 Å². The third kappa shape index (κ3) is 5.19. The first kappa shape index (κ1) is 22.7. The second-order valence-corrected chi connectivity index (χ2v) is 7.52. The highest BCUT2D eigenvalue weighted by molar-refractivity contribution is 5.95. The van der Waals surface area contributed by atoms with Gasteiger partial charge in [0.25, 0.3) is 0 Å². The van der Waals surface area contributed by atoms with Gasteiger partial charge in [0, 0.05) is 23.4 Å². The number of aromatic carboxylic acids is 1. The monoisotopic (exact) mass is 440 g/mol. The number of carbonyl (C=O) groups excluding carboxylic acids is 1. The summed E-state index contributed by atoms with van der Waals surface area (Å²) in [7, 11) is 0. The van der Waals surface area contributed by atoms with Crippen molar-refractivity contribution in [3.63, 3.8) is 0 Å². The van der Waals surface area contributed by atoms with Crippen molar-refractivity contribution in [3.05, 3.63) is 65.8 Å². The number of carboxylic acids is 1. The van der Waals surface area contributed by atoms with Gasteiger partial charge in [-0.15, -0.1) is 0 Å². The van der Waals surface area contributed by atoms with E-state index in [1.807, 2.05) is 0 Å². The smallest absolute Gasteiger partial charge is 0.335 e. The van der Waals surface area contributed by atoms with Crippen LogP contribution in [0.5, 0.6) is 17.2 Å². The lowest BCUT2D eigenvalue weighted by Gasteiger charge is -2.23. The molecule has 1 heterocycles. The number of aliphatic hydroxyl groups is 1. The van der Waals surface area contributed by atoms with Gasteiger partial charge in [0.2, 0.25) is 5.91 Å². The number of phenolic OH excluding ortho intramolecular Hbond substituents is 3. The average molecular weight is 440 g/mol. The van der Waals surface area contributed by atoms with Crippen LogP contribution in [0.3, 0.4) is 0 Å². The molecule has 2 aromatic rings. The summed E-state index contributed by atoms with van der Waals surface area (Å²) in [6.45, 7) is 1.53. The maximum Gasteiger partial charge on any atom is 0.335 e. The molecule has 9 heteroatoms. The number of aliphatic hydroxyl groups excluding tert-OH is 1. The molecule has 7 N–H and O–H groups in total. The Morgan fingerprint density at radius 2 is 1.78 bits per heavy atom. The number of aromatic hydroxyl groups is 3. The zero-order valence-electron chi connectivity index (χ0n) is 17.2. The second-order valence-electron chi connectivity index (χ2n) is 7.52. The predicted molar refractivity (Wildman–Crippen MR) is 118 cm³/mol. The summed E-state index contributed by atoms with van der Waals surface area (Å²) in [6, 6.07) is 5.61. The molecule has 0 saturated heterocycles. The number of amides is 1. The fraction of sp³-hybridized carbons (Fsp3) is 0.217. The zero-order chi connectivity index (χ0) is 23.4. The molecule has 2 bridgehead atoms. The molecule has 1 aliphatic heterocycles. The highest BCUT2D eigenvalue weighted by atomic mass is 16.4. The standard InChI is InChI=1S/C23H24N2O7/c1-12-20(28)6-4-2-3-5-18(24-14-7-13(23(31)32)8-15(26)9-14)17-10-16(27)11-19(21(17)29)25-22(12)30/h2-4,6-12,18,20,24,26-29H,5H2,1H3,(H,25,30)(H,31,32). The van der Waals surface area contributed by atoms with E-state index in [0.717, 1.165) is 6.07 Å². The lowest BCUT2D eigenvalue weighted by molar-refractivity contribution is -0.121. The van der Waals surface area contributed by atoms with Crippen LogP contribution in [0.4, 0.5) is 11.4 Å². The number of hydrogen-bond donors (Lipinski definition) is 7. The minimum atomic E-state index is -1.22. The molecule has 3 unspecified atom stereocenters. The predicted octanol–water partition coefficient (Wildman–Crippen LogP) is 3.11. The Morgan fingerprint density at radius 3 is 2.50 bits per heavy atom. The Hall–Kier alpha value is -3.98. The largest absolute Gasteiger partial charge is 0.508 e. The lowest BCUT2D eigenvalue weighted by atomic mass is 9.99. The second kappa shape index (κ2) is 9.44. The Balaban J connectivity index is 2.07. The summed E-state index contributed by atoms with van der Waals surface area (Å²) < 4.78 is 0. The van der Waals surface area contributed by atoms with E-state index < -0.39 is 29.9 Å². The van der Waals surface area contributed by atoms with Gasteiger partial charge in [0.15, 0.2) is 0 Å². The summed E-state index contributed by atoms with van der Waals surface area (Å²) in [6.07, 6.45) is 5.67. The average Bonchev–Trinajstić information content (AvgIpc) is 2.73. The van der Waals surface area contributed by atoms with Crippen molar-refractivity contribution in [2.24, 2.45) is 5.92 Å². The van der Waals surface area contributed by atoms with Crippen molar-refractivity contribution in [2.75, 3.05) is 10.6 Å². The van der Waals surface area contributed by atoms with Crippen LogP contribution in [0.2, 0.25) is 0 Å². The van der Waals surface area contributed by atoms with E-state index in [1.165, 1.54) is 37.3 Å². The van der Waals surface area contributed by atoms with Gasteiger partial charge >= 0.3 is 5.97 Å². The molecule has 1 aliphatic rings. The van der Waals surface area contributed by atoms with E-state index in [-0.39, 0.29) is 46.2 Å². The fourth-order valence-electron chi connectivity index (χ4n) is 3.32.